The van der Waals surface area contributed by atoms with Crippen molar-refractivity contribution in [1.82, 2.24) is 15.6 Å². The van der Waals surface area contributed by atoms with Crippen molar-refractivity contribution in [3.05, 3.63) is 35.8 Å². The minimum absolute atomic E-state index is 0.0108. The molecule has 1 fully saturated rings. The minimum atomic E-state index is -0.611. The maximum Gasteiger partial charge on any atom is 0.407 e. The van der Waals surface area contributed by atoms with Gasteiger partial charge in [0.25, 0.3) is 0 Å². The average Bonchev–Trinajstić information content (AvgIpc) is 2.61. The summed E-state index contributed by atoms with van der Waals surface area (Å²) in [6, 6.07) is 5.42. The first-order valence-corrected chi connectivity index (χ1v) is 8.53. The number of hydrogen-bond donors (Lipinski definition) is 2. The molecular weight excluding hydrogens is 341 g/mol. The van der Waals surface area contributed by atoms with Gasteiger partial charge in [-0.3, -0.25) is 0 Å². The molecular formula is C18H26FN3O4. The van der Waals surface area contributed by atoms with Crippen LogP contribution in [0.2, 0.25) is 0 Å². The van der Waals surface area contributed by atoms with Gasteiger partial charge in [0.05, 0.1) is 31.3 Å². The highest BCUT2D eigenvalue weighted by Gasteiger charge is 2.18. The van der Waals surface area contributed by atoms with Gasteiger partial charge in [-0.1, -0.05) is 6.07 Å². The molecule has 1 aromatic heterocycles. The van der Waals surface area contributed by atoms with E-state index >= 15 is 0 Å². The molecule has 1 unspecified atom stereocenters. The maximum atomic E-state index is 13.0. The Labute approximate surface area is 152 Å². The summed E-state index contributed by atoms with van der Waals surface area (Å²) in [6.07, 6.45) is -0.196. The van der Waals surface area contributed by atoms with Gasteiger partial charge in [0, 0.05) is 24.7 Å². The molecule has 0 radical (unpaired) electrons. The molecule has 1 aliphatic heterocycles. The number of rotatable bonds is 6. The molecule has 0 aromatic carbocycles. The fourth-order valence-corrected chi connectivity index (χ4v) is 2.25. The van der Waals surface area contributed by atoms with Crippen molar-refractivity contribution < 1.29 is 23.4 Å². The molecule has 8 heteroatoms. The van der Waals surface area contributed by atoms with Crippen LogP contribution in [0.1, 0.15) is 32.5 Å². The number of carbonyl (C=O) groups is 1. The molecule has 7 nitrogen and oxygen atoms in total. The third kappa shape index (κ3) is 6.97. The van der Waals surface area contributed by atoms with Gasteiger partial charge in [-0.2, -0.15) is 0 Å². The Bertz CT molecular complexity index is 625. The second-order valence-corrected chi connectivity index (χ2v) is 6.89. The van der Waals surface area contributed by atoms with Gasteiger partial charge in [0.1, 0.15) is 12.2 Å². The van der Waals surface area contributed by atoms with Crippen LogP contribution in [-0.4, -0.2) is 49.6 Å². The van der Waals surface area contributed by atoms with Gasteiger partial charge in [-0.05, 0) is 26.8 Å². The van der Waals surface area contributed by atoms with Gasteiger partial charge in [0.15, 0.2) is 0 Å². The lowest BCUT2D eigenvalue weighted by atomic mass is 10.2. The number of morpholine rings is 1. The van der Waals surface area contributed by atoms with E-state index < -0.39 is 11.7 Å². The van der Waals surface area contributed by atoms with Crippen molar-refractivity contribution in [2.24, 2.45) is 0 Å². The number of nitrogens with zero attached hydrogens (tertiary/aromatic N) is 1. The molecule has 1 aromatic rings. The van der Waals surface area contributed by atoms with E-state index in [1.807, 2.05) is 12.1 Å². The van der Waals surface area contributed by atoms with Crippen LogP contribution in [-0.2, 0) is 9.47 Å². The number of hydrogen-bond acceptors (Lipinski definition) is 6. The predicted octanol–water partition coefficient (Wildman–Crippen LogP) is 2.50. The quantitative estimate of drug-likeness (QED) is 0.804. The number of halogens is 1. The zero-order valence-electron chi connectivity index (χ0n) is 15.4. The topological polar surface area (TPSA) is 81.7 Å². The Balaban J connectivity index is 1.83. The summed E-state index contributed by atoms with van der Waals surface area (Å²) in [5.41, 5.74) is 0.462. The molecule has 0 bridgehead atoms. The summed E-state index contributed by atoms with van der Waals surface area (Å²) < 4.78 is 29.1. The Hall–Kier alpha value is -2.19. The second kappa shape index (κ2) is 9.49. The average molecular weight is 367 g/mol. The van der Waals surface area contributed by atoms with E-state index in [9.17, 15) is 9.18 Å². The van der Waals surface area contributed by atoms with Crippen LogP contribution < -0.4 is 15.4 Å². The van der Waals surface area contributed by atoms with Crippen molar-refractivity contribution in [1.29, 1.82) is 0 Å². The van der Waals surface area contributed by atoms with Crippen LogP contribution in [0.25, 0.3) is 0 Å². The molecule has 1 atom stereocenters. The zero-order valence-corrected chi connectivity index (χ0v) is 15.4. The summed E-state index contributed by atoms with van der Waals surface area (Å²) in [7, 11) is 0. The minimum Gasteiger partial charge on any atom is -0.473 e. The first-order chi connectivity index (χ1) is 12.4. The van der Waals surface area contributed by atoms with E-state index in [0.29, 0.717) is 25.4 Å². The molecule has 144 valence electrons. The largest absolute Gasteiger partial charge is 0.473 e. The van der Waals surface area contributed by atoms with E-state index in [2.05, 4.69) is 15.6 Å². The summed E-state index contributed by atoms with van der Waals surface area (Å²) >= 11 is 0. The molecule has 1 saturated heterocycles. The fourth-order valence-electron chi connectivity index (χ4n) is 2.25. The third-order valence-corrected chi connectivity index (χ3v) is 3.44. The van der Waals surface area contributed by atoms with E-state index in [4.69, 9.17) is 14.2 Å². The smallest absolute Gasteiger partial charge is 0.407 e. The Kier molecular flexibility index (Phi) is 7.35. The Morgan fingerprint density at radius 2 is 2.31 bits per heavy atom. The number of ether oxygens (including phenoxy) is 3. The van der Waals surface area contributed by atoms with Gasteiger partial charge in [0.2, 0.25) is 5.88 Å². The van der Waals surface area contributed by atoms with Crippen molar-refractivity contribution in [2.75, 3.05) is 32.9 Å². The predicted molar refractivity (Wildman–Crippen MR) is 94.7 cm³/mol. The molecule has 26 heavy (non-hydrogen) atoms. The van der Waals surface area contributed by atoms with Crippen LogP contribution in [0, 0.1) is 0 Å². The van der Waals surface area contributed by atoms with Gasteiger partial charge >= 0.3 is 6.09 Å². The van der Waals surface area contributed by atoms with Crippen LogP contribution in [0.4, 0.5) is 9.18 Å². The summed E-state index contributed by atoms with van der Waals surface area (Å²) in [6.45, 7) is 7.22. The monoisotopic (exact) mass is 367 g/mol. The lowest BCUT2D eigenvalue weighted by Gasteiger charge is -2.23. The van der Waals surface area contributed by atoms with Gasteiger partial charge in [-0.25, -0.2) is 14.2 Å². The number of nitrogens with one attached hydrogen (secondary N) is 2. The third-order valence-electron chi connectivity index (χ3n) is 3.44. The van der Waals surface area contributed by atoms with E-state index in [1.54, 1.807) is 26.8 Å². The number of amides is 1. The first kappa shape index (κ1) is 20.1. The van der Waals surface area contributed by atoms with Gasteiger partial charge < -0.3 is 24.8 Å². The highest BCUT2D eigenvalue weighted by Crippen LogP contribution is 2.17. The molecule has 0 spiro atoms. The summed E-state index contributed by atoms with van der Waals surface area (Å²) in [5.74, 6) is 0.381. The lowest BCUT2D eigenvalue weighted by molar-refractivity contribution is 0.0531. The SMILES string of the molecule is CC(C)(C)OC(=O)NCC(=CF)COc1cccc(C2COCCN2)n1. The summed E-state index contributed by atoms with van der Waals surface area (Å²) in [4.78, 5) is 16.0. The van der Waals surface area contributed by atoms with E-state index in [1.165, 1.54) is 0 Å². The molecule has 0 aliphatic carbocycles. The highest BCUT2D eigenvalue weighted by molar-refractivity contribution is 5.68. The number of pyridine rings is 1. The second-order valence-electron chi connectivity index (χ2n) is 6.89. The molecule has 1 amide bonds. The Morgan fingerprint density at radius 3 is 2.96 bits per heavy atom. The van der Waals surface area contributed by atoms with Crippen molar-refractivity contribution in [3.63, 3.8) is 0 Å². The van der Waals surface area contributed by atoms with Crippen molar-refractivity contribution >= 4 is 6.09 Å². The standard InChI is InChI=1S/C18H26FN3O4/c1-18(2,3)26-17(23)21-10-13(9-19)11-25-16-6-4-5-14(22-16)15-12-24-8-7-20-15/h4-6,9,15,20H,7-8,10-12H2,1-3H3,(H,21,23). The van der Waals surface area contributed by atoms with Crippen LogP contribution in [0.5, 0.6) is 5.88 Å². The molecule has 2 N–H and O–H groups in total. The summed E-state index contributed by atoms with van der Waals surface area (Å²) in [5, 5.41) is 5.81. The first-order valence-electron chi connectivity index (χ1n) is 8.53. The van der Waals surface area contributed by atoms with Crippen LogP contribution in [0.3, 0.4) is 0 Å². The maximum absolute atomic E-state index is 13.0. The van der Waals surface area contributed by atoms with Gasteiger partial charge in [-0.15, -0.1) is 0 Å². The normalized spacial score (nSPS) is 18.3. The number of aromatic nitrogens is 1. The van der Waals surface area contributed by atoms with Crippen molar-refractivity contribution in [3.8, 4) is 5.88 Å². The molecule has 2 rings (SSSR count). The van der Waals surface area contributed by atoms with E-state index in [0.717, 1.165) is 12.2 Å². The lowest BCUT2D eigenvalue weighted by Crippen LogP contribution is -2.35. The van der Waals surface area contributed by atoms with Crippen LogP contribution >= 0.6 is 0 Å². The fraction of sp³-hybridized carbons (Fsp3) is 0.556. The zero-order chi connectivity index (χ0) is 19.0. The highest BCUT2D eigenvalue weighted by atomic mass is 19.1. The van der Waals surface area contributed by atoms with E-state index in [-0.39, 0.29) is 24.8 Å². The Morgan fingerprint density at radius 1 is 1.50 bits per heavy atom. The molecule has 1 aliphatic rings. The van der Waals surface area contributed by atoms with Crippen LogP contribution in [0.15, 0.2) is 30.1 Å². The van der Waals surface area contributed by atoms with Crippen molar-refractivity contribution in [2.45, 2.75) is 32.4 Å². The molecule has 0 saturated carbocycles. The number of carbonyl (C=O) groups excluding carboxylic acids is 1. The number of alkyl carbamates (subject to hydrolysis) is 1. The molecule has 2 heterocycles.